The van der Waals surface area contributed by atoms with E-state index < -0.39 is 12.4 Å². The van der Waals surface area contributed by atoms with Gasteiger partial charge >= 0.3 is 5.97 Å². The van der Waals surface area contributed by atoms with Crippen molar-refractivity contribution >= 4 is 22.4 Å². The number of carboxylic acid groups (broad SMARTS) is 1. The summed E-state index contributed by atoms with van der Waals surface area (Å²) >= 11 is 1.24. The summed E-state index contributed by atoms with van der Waals surface area (Å²) in [5.74, 6) is -0.893. The molecule has 1 heterocycles. The Bertz CT molecular complexity index is 357. The predicted molar refractivity (Wildman–Crippen MR) is 57.3 cm³/mol. The number of hydrogen-bond donors (Lipinski definition) is 1. The van der Waals surface area contributed by atoms with Crippen LogP contribution in [0.25, 0.3) is 0 Å². The summed E-state index contributed by atoms with van der Waals surface area (Å²) in [5, 5.41) is 10.7. The third kappa shape index (κ3) is 4.09. The molecule has 0 bridgehead atoms. The molecule has 0 spiro atoms. The lowest BCUT2D eigenvalue weighted by molar-refractivity contribution is -0.136. The van der Waals surface area contributed by atoms with Crippen molar-refractivity contribution < 1.29 is 18.7 Å². The van der Waals surface area contributed by atoms with Gasteiger partial charge in [-0.2, -0.15) is 0 Å². The molecule has 4 nitrogen and oxygen atoms in total. The van der Waals surface area contributed by atoms with Crippen LogP contribution in [0.4, 0.5) is 13.9 Å². The minimum atomic E-state index is -2.41. The zero-order valence-corrected chi connectivity index (χ0v) is 9.51. The number of carbonyl (C=O) groups is 1. The first-order valence-corrected chi connectivity index (χ1v) is 5.52. The smallest absolute Gasteiger partial charge is 0.303 e. The Morgan fingerprint density at radius 2 is 2.38 bits per heavy atom. The number of hydrogen-bond acceptors (Lipinski definition) is 4. The lowest BCUT2D eigenvalue weighted by atomic mass is 10.2. The molecule has 1 N–H and O–H groups in total. The fourth-order valence-corrected chi connectivity index (χ4v) is 1.94. The van der Waals surface area contributed by atoms with Crippen LogP contribution in [0.15, 0.2) is 5.38 Å². The maximum atomic E-state index is 12.1. The third-order valence-corrected chi connectivity index (χ3v) is 2.88. The Kier molecular flexibility index (Phi) is 4.60. The molecule has 0 radical (unpaired) electrons. The molecule has 0 aliphatic carbocycles. The van der Waals surface area contributed by atoms with E-state index in [1.54, 1.807) is 5.38 Å². The molecule has 90 valence electrons. The van der Waals surface area contributed by atoms with E-state index in [1.165, 1.54) is 23.3 Å². The van der Waals surface area contributed by atoms with Crippen LogP contribution in [0.1, 0.15) is 12.1 Å². The first-order chi connectivity index (χ1) is 7.49. The second-order valence-electron chi connectivity index (χ2n) is 3.29. The number of aliphatic carboxylic acids is 1. The largest absolute Gasteiger partial charge is 0.481 e. The first-order valence-electron chi connectivity index (χ1n) is 4.64. The van der Waals surface area contributed by atoms with Gasteiger partial charge in [-0.1, -0.05) is 0 Å². The highest BCUT2D eigenvalue weighted by Gasteiger charge is 2.12. The van der Waals surface area contributed by atoms with E-state index in [4.69, 9.17) is 5.11 Å². The quantitative estimate of drug-likeness (QED) is 0.837. The van der Waals surface area contributed by atoms with Gasteiger partial charge in [0.1, 0.15) is 0 Å². The van der Waals surface area contributed by atoms with E-state index in [1.807, 2.05) is 0 Å². The number of aryl methyl sites for hydroxylation is 1. The second-order valence-corrected chi connectivity index (χ2v) is 4.12. The average Bonchev–Trinajstić information content (AvgIpc) is 2.61. The van der Waals surface area contributed by atoms with Gasteiger partial charge in [-0.25, -0.2) is 13.8 Å². The SMILES string of the molecule is CN(CC(F)F)c1nc(CCC(=O)O)cs1. The molecule has 0 aromatic carbocycles. The topological polar surface area (TPSA) is 53.4 Å². The minimum Gasteiger partial charge on any atom is -0.481 e. The molecule has 0 fully saturated rings. The Morgan fingerprint density at radius 3 is 2.94 bits per heavy atom. The third-order valence-electron chi connectivity index (χ3n) is 1.87. The minimum absolute atomic E-state index is 0.00172. The van der Waals surface area contributed by atoms with Crippen LogP contribution in [-0.2, 0) is 11.2 Å². The van der Waals surface area contributed by atoms with Crippen LogP contribution in [0.2, 0.25) is 0 Å². The van der Waals surface area contributed by atoms with Crippen LogP contribution < -0.4 is 4.90 Å². The van der Waals surface area contributed by atoms with Crippen LogP contribution in [0, 0.1) is 0 Å². The maximum Gasteiger partial charge on any atom is 0.303 e. The Balaban J connectivity index is 2.53. The number of aromatic nitrogens is 1. The molecule has 1 rings (SSSR count). The molecular weight excluding hydrogens is 238 g/mol. The van der Waals surface area contributed by atoms with Crippen molar-refractivity contribution in [1.29, 1.82) is 0 Å². The molecule has 1 aromatic rings. The first kappa shape index (κ1) is 12.8. The zero-order valence-electron chi connectivity index (χ0n) is 8.69. The molecule has 0 unspecified atom stereocenters. The molecule has 16 heavy (non-hydrogen) atoms. The highest BCUT2D eigenvalue weighted by molar-refractivity contribution is 7.13. The van der Waals surface area contributed by atoms with Gasteiger partial charge in [0.05, 0.1) is 18.7 Å². The fraction of sp³-hybridized carbons (Fsp3) is 0.556. The number of anilines is 1. The van der Waals surface area contributed by atoms with Gasteiger partial charge in [0.2, 0.25) is 0 Å². The molecular formula is C9H12F2N2O2S. The van der Waals surface area contributed by atoms with Crippen molar-refractivity contribution in [3.63, 3.8) is 0 Å². The predicted octanol–water partition coefficient (Wildman–Crippen LogP) is 1.86. The summed E-state index contributed by atoms with van der Waals surface area (Å²) in [7, 11) is 1.53. The van der Waals surface area contributed by atoms with Gasteiger partial charge in [0, 0.05) is 18.8 Å². The Labute approximate surface area is 95.5 Å². The summed E-state index contributed by atoms with van der Waals surface area (Å²) in [4.78, 5) is 15.8. The van der Waals surface area contributed by atoms with Crippen molar-refractivity contribution in [2.75, 3.05) is 18.5 Å². The highest BCUT2D eigenvalue weighted by Crippen LogP contribution is 2.20. The number of thiazole rings is 1. The summed E-state index contributed by atoms with van der Waals surface area (Å²) in [6, 6.07) is 0. The van der Waals surface area contributed by atoms with Crippen molar-refractivity contribution in [2.45, 2.75) is 19.3 Å². The van der Waals surface area contributed by atoms with Crippen molar-refractivity contribution in [3.05, 3.63) is 11.1 Å². The van der Waals surface area contributed by atoms with E-state index in [-0.39, 0.29) is 13.0 Å². The van der Waals surface area contributed by atoms with E-state index in [0.29, 0.717) is 17.2 Å². The summed E-state index contributed by atoms with van der Waals surface area (Å²) in [6.07, 6.45) is -2.08. The normalized spacial score (nSPS) is 10.8. The van der Waals surface area contributed by atoms with Gasteiger partial charge in [-0.05, 0) is 0 Å². The van der Waals surface area contributed by atoms with E-state index in [2.05, 4.69) is 4.98 Å². The fourth-order valence-electron chi connectivity index (χ4n) is 1.11. The van der Waals surface area contributed by atoms with Gasteiger partial charge < -0.3 is 10.0 Å². The van der Waals surface area contributed by atoms with Crippen LogP contribution in [0.5, 0.6) is 0 Å². The van der Waals surface area contributed by atoms with Gasteiger partial charge in [0.25, 0.3) is 6.43 Å². The van der Waals surface area contributed by atoms with Gasteiger partial charge in [-0.3, -0.25) is 4.79 Å². The van der Waals surface area contributed by atoms with E-state index in [9.17, 15) is 13.6 Å². The van der Waals surface area contributed by atoms with E-state index >= 15 is 0 Å². The standard InChI is InChI=1S/C9H12F2N2O2S/c1-13(4-7(10)11)9-12-6(5-16-9)2-3-8(14)15/h5,7H,2-4H2,1H3,(H,14,15). The molecule has 0 aliphatic heterocycles. The number of halogens is 2. The van der Waals surface area contributed by atoms with Crippen LogP contribution in [0.3, 0.4) is 0 Å². The number of rotatable bonds is 6. The van der Waals surface area contributed by atoms with Crippen molar-refractivity contribution in [2.24, 2.45) is 0 Å². The molecule has 0 saturated heterocycles. The Hall–Kier alpha value is -1.24. The lowest BCUT2D eigenvalue weighted by Gasteiger charge is -2.14. The van der Waals surface area contributed by atoms with Gasteiger partial charge in [-0.15, -0.1) is 11.3 Å². The molecule has 0 aliphatic rings. The van der Waals surface area contributed by atoms with E-state index in [0.717, 1.165) is 0 Å². The lowest BCUT2D eigenvalue weighted by Crippen LogP contribution is -2.23. The number of alkyl halides is 2. The molecule has 1 aromatic heterocycles. The summed E-state index contributed by atoms with van der Waals surface area (Å²) in [5.41, 5.74) is 0.628. The highest BCUT2D eigenvalue weighted by atomic mass is 32.1. The van der Waals surface area contributed by atoms with Crippen molar-refractivity contribution in [1.82, 2.24) is 4.98 Å². The number of nitrogens with zero attached hydrogens (tertiary/aromatic N) is 2. The van der Waals surface area contributed by atoms with Crippen LogP contribution >= 0.6 is 11.3 Å². The molecule has 0 saturated carbocycles. The Morgan fingerprint density at radius 1 is 1.69 bits per heavy atom. The second kappa shape index (κ2) is 5.74. The number of carboxylic acids is 1. The molecule has 0 amide bonds. The average molecular weight is 250 g/mol. The molecule has 7 heteroatoms. The van der Waals surface area contributed by atoms with Crippen LogP contribution in [-0.4, -0.2) is 36.1 Å². The maximum absolute atomic E-state index is 12.1. The van der Waals surface area contributed by atoms with Crippen molar-refractivity contribution in [3.8, 4) is 0 Å². The summed E-state index contributed by atoms with van der Waals surface area (Å²) < 4.78 is 24.2. The van der Waals surface area contributed by atoms with Gasteiger partial charge in [0.15, 0.2) is 5.13 Å². The zero-order chi connectivity index (χ0) is 12.1. The molecule has 0 atom stereocenters. The monoisotopic (exact) mass is 250 g/mol. The summed E-state index contributed by atoms with van der Waals surface area (Å²) in [6.45, 7) is -0.369.